The molecule has 20 heavy (non-hydrogen) atoms. The predicted molar refractivity (Wildman–Crippen MR) is 78.2 cm³/mol. The topological polar surface area (TPSA) is 49.3 Å². The smallest absolute Gasteiger partial charge is 0.254 e. The lowest BCUT2D eigenvalue weighted by molar-refractivity contribution is 0.0931. The van der Waals surface area contributed by atoms with Gasteiger partial charge < -0.3 is 10.4 Å². The molecule has 1 heterocycles. The van der Waals surface area contributed by atoms with Gasteiger partial charge >= 0.3 is 0 Å². The lowest BCUT2D eigenvalue weighted by Gasteiger charge is -2.22. The molecular weight excluding hydrogens is 277 g/mol. The van der Waals surface area contributed by atoms with Crippen LogP contribution in [-0.4, -0.2) is 35.2 Å². The molecule has 0 atom stereocenters. The molecule has 0 saturated carbocycles. The van der Waals surface area contributed by atoms with E-state index >= 15 is 0 Å². The van der Waals surface area contributed by atoms with Gasteiger partial charge in [0.2, 0.25) is 0 Å². The molecule has 5 heteroatoms. The normalized spacial score (nSPS) is 15.3. The van der Waals surface area contributed by atoms with Crippen molar-refractivity contribution in [3.63, 3.8) is 0 Å². The largest absolute Gasteiger partial charge is 0.384 e. The SMILES string of the molecule is O=C(NC1CCSCC1)c1ccc(C#CCO)cc1F. The first-order chi connectivity index (χ1) is 9.70. The molecular formula is C15H16FNO2S. The van der Waals surface area contributed by atoms with Crippen LogP contribution in [0.5, 0.6) is 0 Å². The molecule has 1 aromatic carbocycles. The molecule has 2 N–H and O–H groups in total. The molecule has 1 fully saturated rings. The lowest BCUT2D eigenvalue weighted by Crippen LogP contribution is -2.37. The van der Waals surface area contributed by atoms with E-state index in [1.54, 1.807) is 6.07 Å². The molecule has 0 bridgehead atoms. The summed E-state index contributed by atoms with van der Waals surface area (Å²) in [6.45, 7) is -0.274. The maximum atomic E-state index is 13.9. The minimum atomic E-state index is -0.586. The average molecular weight is 293 g/mol. The van der Waals surface area contributed by atoms with E-state index in [1.165, 1.54) is 12.1 Å². The fourth-order valence-electron chi connectivity index (χ4n) is 2.02. The Balaban J connectivity index is 2.05. The highest BCUT2D eigenvalue weighted by Crippen LogP contribution is 2.18. The third-order valence-corrected chi connectivity index (χ3v) is 4.13. The number of hydrogen-bond acceptors (Lipinski definition) is 3. The predicted octanol–water partition coefficient (Wildman–Crippen LogP) is 1.79. The van der Waals surface area contributed by atoms with Crippen LogP contribution in [0.3, 0.4) is 0 Å². The highest BCUT2D eigenvalue weighted by atomic mass is 32.2. The van der Waals surface area contributed by atoms with E-state index in [2.05, 4.69) is 17.2 Å². The Bertz CT molecular complexity index is 545. The maximum Gasteiger partial charge on any atom is 0.254 e. The van der Waals surface area contributed by atoms with Crippen molar-refractivity contribution in [2.75, 3.05) is 18.1 Å². The van der Waals surface area contributed by atoms with E-state index in [4.69, 9.17) is 5.11 Å². The summed E-state index contributed by atoms with van der Waals surface area (Å²) in [5, 5.41) is 11.5. The zero-order chi connectivity index (χ0) is 14.4. The van der Waals surface area contributed by atoms with Gasteiger partial charge in [0, 0.05) is 11.6 Å². The van der Waals surface area contributed by atoms with Crippen molar-refractivity contribution < 1.29 is 14.3 Å². The van der Waals surface area contributed by atoms with Gasteiger partial charge in [-0.1, -0.05) is 11.8 Å². The first kappa shape index (κ1) is 14.9. The molecule has 1 saturated heterocycles. The maximum absolute atomic E-state index is 13.9. The molecule has 0 radical (unpaired) electrons. The van der Waals surface area contributed by atoms with Crippen molar-refractivity contribution in [2.45, 2.75) is 18.9 Å². The Kier molecular flexibility index (Phi) is 5.45. The van der Waals surface area contributed by atoms with Crippen LogP contribution in [0.4, 0.5) is 4.39 Å². The number of benzene rings is 1. The molecule has 0 unspecified atom stereocenters. The van der Waals surface area contributed by atoms with Crippen LogP contribution in [0, 0.1) is 17.7 Å². The summed E-state index contributed by atoms with van der Waals surface area (Å²) in [5.41, 5.74) is 0.486. The second-order valence-corrected chi connectivity index (χ2v) is 5.74. The van der Waals surface area contributed by atoms with E-state index in [9.17, 15) is 9.18 Å². The first-order valence-corrected chi connectivity index (χ1v) is 7.64. The Morgan fingerprint density at radius 2 is 2.20 bits per heavy atom. The summed E-state index contributed by atoms with van der Waals surface area (Å²) in [7, 11) is 0. The number of halogens is 1. The van der Waals surface area contributed by atoms with E-state index in [1.807, 2.05) is 11.8 Å². The van der Waals surface area contributed by atoms with Crippen LogP contribution >= 0.6 is 11.8 Å². The molecule has 1 amide bonds. The fourth-order valence-corrected chi connectivity index (χ4v) is 3.13. The van der Waals surface area contributed by atoms with Crippen molar-refractivity contribution in [3.05, 3.63) is 35.1 Å². The minimum absolute atomic E-state index is 0.0396. The van der Waals surface area contributed by atoms with Gasteiger partial charge in [0.25, 0.3) is 5.91 Å². The Labute approximate surface area is 122 Å². The van der Waals surface area contributed by atoms with Crippen molar-refractivity contribution in [3.8, 4) is 11.8 Å². The number of rotatable bonds is 2. The van der Waals surface area contributed by atoms with Gasteiger partial charge in [0.15, 0.2) is 0 Å². The highest BCUT2D eigenvalue weighted by molar-refractivity contribution is 7.99. The second-order valence-electron chi connectivity index (χ2n) is 4.51. The molecule has 1 aliphatic heterocycles. The fraction of sp³-hybridized carbons (Fsp3) is 0.400. The molecule has 0 spiro atoms. The van der Waals surface area contributed by atoms with Crippen LogP contribution in [0.2, 0.25) is 0 Å². The monoisotopic (exact) mass is 293 g/mol. The first-order valence-electron chi connectivity index (χ1n) is 6.48. The molecule has 106 valence electrons. The van der Waals surface area contributed by atoms with E-state index in [0.29, 0.717) is 5.56 Å². The zero-order valence-electron chi connectivity index (χ0n) is 11.0. The van der Waals surface area contributed by atoms with Crippen molar-refractivity contribution in [2.24, 2.45) is 0 Å². The molecule has 0 aliphatic carbocycles. The Hall–Kier alpha value is -1.51. The number of thioether (sulfide) groups is 1. The lowest BCUT2D eigenvalue weighted by atomic mass is 10.1. The highest BCUT2D eigenvalue weighted by Gasteiger charge is 2.18. The average Bonchev–Trinajstić information content (AvgIpc) is 2.46. The van der Waals surface area contributed by atoms with Crippen LogP contribution in [0.15, 0.2) is 18.2 Å². The van der Waals surface area contributed by atoms with Gasteiger partial charge in [0.1, 0.15) is 12.4 Å². The summed E-state index contributed by atoms with van der Waals surface area (Å²) in [5.74, 6) is 6.15. The van der Waals surface area contributed by atoms with Crippen molar-refractivity contribution in [1.29, 1.82) is 0 Å². The third kappa shape index (κ3) is 3.99. The molecule has 1 aliphatic rings. The van der Waals surface area contributed by atoms with E-state index in [0.717, 1.165) is 24.3 Å². The van der Waals surface area contributed by atoms with E-state index in [-0.39, 0.29) is 24.1 Å². The summed E-state index contributed by atoms with van der Waals surface area (Å²) in [4.78, 5) is 12.0. The van der Waals surface area contributed by atoms with Gasteiger partial charge in [0.05, 0.1) is 5.56 Å². The van der Waals surface area contributed by atoms with Crippen LogP contribution in [0.1, 0.15) is 28.8 Å². The Morgan fingerprint density at radius 3 is 2.85 bits per heavy atom. The van der Waals surface area contributed by atoms with Crippen LogP contribution in [0.25, 0.3) is 0 Å². The summed E-state index contributed by atoms with van der Waals surface area (Å²) in [6, 6.07) is 4.37. The second kappa shape index (κ2) is 7.32. The number of carbonyl (C=O) groups is 1. The van der Waals surface area contributed by atoms with Crippen LogP contribution < -0.4 is 5.32 Å². The van der Waals surface area contributed by atoms with E-state index < -0.39 is 5.82 Å². The van der Waals surface area contributed by atoms with Gasteiger partial charge in [-0.3, -0.25) is 4.79 Å². The summed E-state index contributed by atoms with van der Waals surface area (Å²) >= 11 is 1.87. The molecule has 2 rings (SSSR count). The molecule has 0 aromatic heterocycles. The number of amides is 1. The molecule has 1 aromatic rings. The van der Waals surface area contributed by atoms with Crippen LogP contribution in [-0.2, 0) is 0 Å². The number of carbonyl (C=O) groups excluding carboxylic acids is 1. The zero-order valence-corrected chi connectivity index (χ0v) is 11.8. The standard InChI is InChI=1S/C15H16FNO2S/c16-14-10-11(2-1-7-18)3-4-13(14)15(19)17-12-5-8-20-9-6-12/h3-4,10,12,18H,5-9H2,(H,17,19). The van der Waals surface area contributed by atoms with Gasteiger partial charge in [-0.05, 0) is 42.5 Å². The van der Waals surface area contributed by atoms with Gasteiger partial charge in [-0.15, -0.1) is 0 Å². The van der Waals surface area contributed by atoms with Gasteiger partial charge in [-0.2, -0.15) is 11.8 Å². The molecule has 3 nitrogen and oxygen atoms in total. The van der Waals surface area contributed by atoms with Crippen molar-refractivity contribution >= 4 is 17.7 Å². The number of nitrogens with one attached hydrogen (secondary N) is 1. The Morgan fingerprint density at radius 1 is 1.45 bits per heavy atom. The van der Waals surface area contributed by atoms with Gasteiger partial charge in [-0.25, -0.2) is 4.39 Å². The summed E-state index contributed by atoms with van der Waals surface area (Å²) in [6.07, 6.45) is 1.86. The van der Waals surface area contributed by atoms with Crippen molar-refractivity contribution in [1.82, 2.24) is 5.32 Å². The minimum Gasteiger partial charge on any atom is -0.384 e. The number of hydrogen-bond donors (Lipinski definition) is 2. The number of aliphatic hydroxyl groups excluding tert-OH is 1. The number of aliphatic hydroxyl groups is 1. The summed E-state index contributed by atoms with van der Waals surface area (Å²) < 4.78 is 13.9. The third-order valence-electron chi connectivity index (χ3n) is 3.08. The quantitative estimate of drug-likeness (QED) is 0.818.